The second-order valence-corrected chi connectivity index (χ2v) is 8.27. The van der Waals surface area contributed by atoms with Gasteiger partial charge >= 0.3 is 0 Å². The third-order valence-electron chi connectivity index (χ3n) is 4.42. The lowest BCUT2D eigenvalue weighted by Gasteiger charge is -2.27. The van der Waals surface area contributed by atoms with Gasteiger partial charge in [0.15, 0.2) is 0 Å². The number of carbonyl (C=O) groups is 1. The predicted octanol–water partition coefficient (Wildman–Crippen LogP) is 3.31. The van der Waals surface area contributed by atoms with Crippen molar-refractivity contribution in [3.05, 3.63) is 29.8 Å². The summed E-state index contributed by atoms with van der Waals surface area (Å²) in [6.45, 7) is 2.79. The number of carbonyl (C=O) groups excluding carboxylic acids is 1. The fourth-order valence-corrected chi connectivity index (χ4v) is 3.74. The van der Waals surface area contributed by atoms with E-state index < -0.39 is 9.05 Å². The van der Waals surface area contributed by atoms with Gasteiger partial charge < -0.3 is 5.32 Å². The van der Waals surface area contributed by atoms with Crippen LogP contribution in [0.2, 0.25) is 0 Å². The lowest BCUT2D eigenvalue weighted by molar-refractivity contribution is 0.0928. The van der Waals surface area contributed by atoms with E-state index in [0.717, 1.165) is 19.3 Å². The molecule has 0 unspecified atom stereocenters. The summed E-state index contributed by atoms with van der Waals surface area (Å²) in [4.78, 5) is 12.1. The number of hydrogen-bond donors (Lipinski definition) is 1. The summed E-state index contributed by atoms with van der Waals surface area (Å²) in [5, 5.41) is 2.93. The van der Waals surface area contributed by atoms with Gasteiger partial charge in [-0.1, -0.05) is 25.8 Å². The molecular weight excluding hydrogens is 310 g/mol. The summed E-state index contributed by atoms with van der Waals surface area (Å²) < 4.78 is 22.6. The molecule has 0 radical (unpaired) electrons. The Morgan fingerprint density at radius 1 is 1.33 bits per heavy atom. The molecule has 0 aliphatic heterocycles. The largest absolute Gasteiger partial charge is 0.351 e. The molecule has 6 heteroatoms. The van der Waals surface area contributed by atoms with Crippen molar-refractivity contribution in [1.29, 1.82) is 0 Å². The van der Waals surface area contributed by atoms with Gasteiger partial charge in [-0.2, -0.15) is 0 Å². The van der Waals surface area contributed by atoms with Crippen LogP contribution in [-0.4, -0.2) is 20.9 Å². The molecule has 0 aromatic heterocycles. The summed E-state index contributed by atoms with van der Waals surface area (Å²) in [6.07, 6.45) is 5.75. The van der Waals surface area contributed by atoms with Gasteiger partial charge in [0.2, 0.25) is 0 Å². The van der Waals surface area contributed by atoms with Crippen molar-refractivity contribution in [3.63, 3.8) is 0 Å². The first kappa shape index (κ1) is 16.3. The summed E-state index contributed by atoms with van der Waals surface area (Å²) in [7, 11) is 1.49. The molecule has 1 aromatic carbocycles. The van der Waals surface area contributed by atoms with Gasteiger partial charge in [0.1, 0.15) is 0 Å². The van der Waals surface area contributed by atoms with E-state index in [1.54, 1.807) is 6.07 Å². The molecule has 1 saturated carbocycles. The average Bonchev–Trinajstić information content (AvgIpc) is 2.93. The molecule has 2 rings (SSSR count). The van der Waals surface area contributed by atoms with Crippen LogP contribution >= 0.6 is 10.7 Å². The smallest absolute Gasteiger partial charge is 0.261 e. The van der Waals surface area contributed by atoms with Crippen molar-refractivity contribution in [2.75, 3.05) is 6.54 Å². The van der Waals surface area contributed by atoms with Gasteiger partial charge in [-0.3, -0.25) is 4.79 Å². The molecule has 116 valence electrons. The van der Waals surface area contributed by atoms with E-state index in [0.29, 0.717) is 12.1 Å². The Kier molecular flexibility index (Phi) is 4.94. The Balaban J connectivity index is 2.07. The van der Waals surface area contributed by atoms with Gasteiger partial charge in [0, 0.05) is 22.8 Å². The van der Waals surface area contributed by atoms with E-state index >= 15 is 0 Å². The second kappa shape index (κ2) is 6.36. The first-order valence-corrected chi connectivity index (χ1v) is 9.50. The van der Waals surface area contributed by atoms with Crippen LogP contribution in [0, 0.1) is 5.41 Å². The molecule has 1 amide bonds. The molecule has 1 aliphatic carbocycles. The van der Waals surface area contributed by atoms with Gasteiger partial charge in [0.05, 0.1) is 4.90 Å². The number of nitrogens with one attached hydrogen (secondary N) is 1. The Bertz CT molecular complexity index is 622. The topological polar surface area (TPSA) is 63.2 Å². The Morgan fingerprint density at radius 3 is 2.57 bits per heavy atom. The SMILES string of the molecule is CCC1(CNC(=O)c2cccc(S(=O)(=O)Cl)c2)CCCC1. The number of hydrogen-bond acceptors (Lipinski definition) is 3. The van der Waals surface area contributed by atoms with Crippen LogP contribution in [0.15, 0.2) is 29.2 Å². The number of benzene rings is 1. The van der Waals surface area contributed by atoms with Crippen LogP contribution in [0.5, 0.6) is 0 Å². The van der Waals surface area contributed by atoms with Crippen LogP contribution in [0.1, 0.15) is 49.4 Å². The molecule has 4 nitrogen and oxygen atoms in total. The molecule has 0 heterocycles. The zero-order valence-corrected chi connectivity index (χ0v) is 13.6. The van der Waals surface area contributed by atoms with Crippen molar-refractivity contribution in [3.8, 4) is 0 Å². The fraction of sp³-hybridized carbons (Fsp3) is 0.533. The Labute approximate surface area is 130 Å². The Hall–Kier alpha value is -1.07. The predicted molar refractivity (Wildman–Crippen MR) is 83.0 cm³/mol. The summed E-state index contributed by atoms with van der Waals surface area (Å²) in [5.74, 6) is -0.253. The van der Waals surface area contributed by atoms with E-state index in [1.807, 2.05) is 0 Å². The van der Waals surface area contributed by atoms with E-state index in [9.17, 15) is 13.2 Å². The second-order valence-electron chi connectivity index (χ2n) is 5.71. The monoisotopic (exact) mass is 329 g/mol. The number of rotatable bonds is 5. The van der Waals surface area contributed by atoms with Gasteiger partial charge in [0.25, 0.3) is 15.0 Å². The van der Waals surface area contributed by atoms with Crippen LogP contribution in [0.25, 0.3) is 0 Å². The van der Waals surface area contributed by atoms with Crippen molar-refractivity contribution in [1.82, 2.24) is 5.32 Å². The summed E-state index contributed by atoms with van der Waals surface area (Å²) in [6, 6.07) is 5.80. The van der Waals surface area contributed by atoms with Crippen LogP contribution in [0.4, 0.5) is 0 Å². The fourth-order valence-electron chi connectivity index (χ4n) is 2.94. The lowest BCUT2D eigenvalue weighted by Crippen LogP contribution is -2.35. The standard InChI is InChI=1S/C15H20ClNO3S/c1-2-15(8-3-4-9-15)11-17-14(18)12-6-5-7-13(10-12)21(16,19)20/h5-7,10H,2-4,8-9,11H2,1H3,(H,17,18). The minimum Gasteiger partial charge on any atom is -0.351 e. The molecule has 0 saturated heterocycles. The van der Waals surface area contributed by atoms with Gasteiger partial charge in [-0.05, 0) is 42.9 Å². The third-order valence-corrected chi connectivity index (χ3v) is 5.77. The summed E-state index contributed by atoms with van der Waals surface area (Å²) in [5.41, 5.74) is 0.521. The summed E-state index contributed by atoms with van der Waals surface area (Å²) >= 11 is 0. The van der Waals surface area contributed by atoms with Crippen molar-refractivity contribution in [2.45, 2.75) is 43.9 Å². The quantitative estimate of drug-likeness (QED) is 0.843. The zero-order valence-electron chi connectivity index (χ0n) is 12.1. The molecular formula is C15H20ClNO3S. The molecule has 21 heavy (non-hydrogen) atoms. The minimum absolute atomic E-state index is 0.0529. The highest BCUT2D eigenvalue weighted by Crippen LogP contribution is 2.40. The van der Waals surface area contributed by atoms with Crippen molar-refractivity contribution in [2.24, 2.45) is 5.41 Å². The van der Waals surface area contributed by atoms with Gasteiger partial charge in [-0.15, -0.1) is 0 Å². The first-order valence-electron chi connectivity index (χ1n) is 7.19. The third kappa shape index (κ3) is 3.98. The molecule has 1 N–H and O–H groups in total. The number of amides is 1. The maximum atomic E-state index is 12.2. The molecule has 1 fully saturated rings. The van der Waals surface area contributed by atoms with E-state index in [2.05, 4.69) is 12.2 Å². The lowest BCUT2D eigenvalue weighted by atomic mass is 9.83. The molecule has 0 bridgehead atoms. The maximum absolute atomic E-state index is 12.2. The van der Waals surface area contributed by atoms with Crippen LogP contribution in [0.3, 0.4) is 0 Å². The minimum atomic E-state index is -3.81. The van der Waals surface area contributed by atoms with E-state index in [4.69, 9.17) is 10.7 Å². The zero-order chi connectivity index (χ0) is 15.5. The molecule has 1 aliphatic rings. The van der Waals surface area contributed by atoms with E-state index in [-0.39, 0.29) is 16.2 Å². The van der Waals surface area contributed by atoms with Crippen LogP contribution < -0.4 is 5.32 Å². The molecule has 0 atom stereocenters. The normalized spacial score (nSPS) is 17.6. The highest BCUT2D eigenvalue weighted by molar-refractivity contribution is 8.13. The van der Waals surface area contributed by atoms with Gasteiger partial charge in [-0.25, -0.2) is 8.42 Å². The van der Waals surface area contributed by atoms with E-state index in [1.165, 1.54) is 31.0 Å². The van der Waals surface area contributed by atoms with Crippen LogP contribution in [-0.2, 0) is 9.05 Å². The number of halogens is 1. The highest BCUT2D eigenvalue weighted by Gasteiger charge is 2.32. The molecule has 1 aromatic rings. The maximum Gasteiger partial charge on any atom is 0.261 e. The highest BCUT2D eigenvalue weighted by atomic mass is 35.7. The first-order chi connectivity index (χ1) is 9.86. The van der Waals surface area contributed by atoms with Crippen molar-refractivity contribution < 1.29 is 13.2 Å². The Morgan fingerprint density at radius 2 is 2.00 bits per heavy atom. The molecule has 0 spiro atoms. The average molecular weight is 330 g/mol. The van der Waals surface area contributed by atoms with Crippen molar-refractivity contribution >= 4 is 25.6 Å².